The second kappa shape index (κ2) is 7.34. The van der Waals surface area contributed by atoms with Crippen molar-refractivity contribution in [2.75, 3.05) is 24.9 Å². The fraction of sp³-hybridized carbons (Fsp3) is 0.250. The third-order valence-corrected chi connectivity index (χ3v) is 4.85. The van der Waals surface area contributed by atoms with Crippen LogP contribution >= 0.6 is 0 Å². The van der Waals surface area contributed by atoms with Crippen molar-refractivity contribution in [1.82, 2.24) is 9.78 Å². The first-order valence-electron chi connectivity index (χ1n) is 8.96. The lowest BCUT2D eigenvalue weighted by Gasteiger charge is -2.22. The van der Waals surface area contributed by atoms with Gasteiger partial charge in [-0.05, 0) is 24.3 Å². The van der Waals surface area contributed by atoms with Gasteiger partial charge in [-0.1, -0.05) is 6.07 Å². The van der Waals surface area contributed by atoms with E-state index in [1.807, 2.05) is 0 Å². The van der Waals surface area contributed by atoms with Gasteiger partial charge in [0.05, 0.1) is 37.5 Å². The molecule has 0 spiro atoms. The minimum absolute atomic E-state index is 0.144. The van der Waals surface area contributed by atoms with E-state index < -0.39 is 5.91 Å². The summed E-state index contributed by atoms with van der Waals surface area (Å²) in [4.78, 5) is 25.2. The molecule has 29 heavy (non-hydrogen) atoms. The summed E-state index contributed by atoms with van der Waals surface area (Å²) in [6, 6.07) is 8.61. The number of hydrogen-bond acceptors (Lipinski definition) is 6. The molecule has 2 amide bonds. The standard InChI is InChI=1S/C20H20N4O5/c1-24-19-16(12(10-15(25)21-19)13-8-5-9-29-13)18(23-24)22-20(26)11-6-4-7-14(27-2)17(11)28-3/h4-9,12H,10H2,1-3H3,(H,21,25)(H,22,23,26). The van der Waals surface area contributed by atoms with E-state index >= 15 is 0 Å². The summed E-state index contributed by atoms with van der Waals surface area (Å²) in [6.45, 7) is 0. The summed E-state index contributed by atoms with van der Waals surface area (Å²) in [5.41, 5.74) is 0.998. The number of hydrogen-bond donors (Lipinski definition) is 2. The Hall–Kier alpha value is -3.75. The zero-order valence-corrected chi connectivity index (χ0v) is 16.2. The molecule has 9 nitrogen and oxygen atoms in total. The highest BCUT2D eigenvalue weighted by Gasteiger charge is 2.35. The Bertz CT molecular complexity index is 1070. The number of nitrogens with one attached hydrogen (secondary N) is 2. The molecule has 0 bridgehead atoms. The van der Waals surface area contributed by atoms with E-state index in [2.05, 4.69) is 15.7 Å². The maximum Gasteiger partial charge on any atom is 0.260 e. The Morgan fingerprint density at radius 3 is 2.79 bits per heavy atom. The number of aromatic nitrogens is 2. The second-order valence-corrected chi connectivity index (χ2v) is 6.55. The third kappa shape index (κ3) is 3.20. The SMILES string of the molecule is COc1cccc(C(=O)Nc2nn(C)c3c2C(c2ccco2)CC(=O)N3)c1OC. The minimum Gasteiger partial charge on any atom is -0.493 e. The van der Waals surface area contributed by atoms with Crippen molar-refractivity contribution in [2.45, 2.75) is 12.3 Å². The molecule has 1 aliphatic rings. The molecule has 0 saturated heterocycles. The Labute approximate surface area is 166 Å². The van der Waals surface area contributed by atoms with Gasteiger partial charge < -0.3 is 24.5 Å². The lowest BCUT2D eigenvalue weighted by atomic mass is 9.91. The van der Waals surface area contributed by atoms with Gasteiger partial charge in [0.2, 0.25) is 5.91 Å². The van der Waals surface area contributed by atoms with Crippen molar-refractivity contribution >= 4 is 23.5 Å². The van der Waals surface area contributed by atoms with Crippen LogP contribution in [0.5, 0.6) is 11.5 Å². The summed E-state index contributed by atoms with van der Waals surface area (Å²) in [5, 5.41) is 10.1. The second-order valence-electron chi connectivity index (χ2n) is 6.55. The van der Waals surface area contributed by atoms with Crippen LogP contribution in [0, 0.1) is 0 Å². The Morgan fingerprint density at radius 2 is 2.10 bits per heavy atom. The van der Waals surface area contributed by atoms with Crippen molar-refractivity contribution in [1.29, 1.82) is 0 Å². The van der Waals surface area contributed by atoms with Gasteiger partial charge in [-0.2, -0.15) is 5.10 Å². The van der Waals surface area contributed by atoms with Crippen molar-refractivity contribution in [3.8, 4) is 11.5 Å². The number of ether oxygens (including phenoxy) is 2. The van der Waals surface area contributed by atoms with Crippen LogP contribution in [-0.4, -0.2) is 35.8 Å². The highest BCUT2D eigenvalue weighted by molar-refractivity contribution is 6.07. The molecule has 1 aliphatic heterocycles. The van der Waals surface area contributed by atoms with Crippen molar-refractivity contribution < 1.29 is 23.5 Å². The average molecular weight is 396 g/mol. The number of furan rings is 1. The first kappa shape index (κ1) is 18.6. The normalized spacial score (nSPS) is 15.4. The summed E-state index contributed by atoms with van der Waals surface area (Å²) in [5.74, 6) is 1.37. The van der Waals surface area contributed by atoms with E-state index in [0.717, 1.165) is 0 Å². The van der Waals surface area contributed by atoms with Gasteiger partial charge in [-0.15, -0.1) is 0 Å². The first-order valence-corrected chi connectivity index (χ1v) is 8.96. The molecular weight excluding hydrogens is 376 g/mol. The number of fused-ring (bicyclic) bond motifs is 1. The minimum atomic E-state index is -0.406. The Morgan fingerprint density at radius 1 is 1.28 bits per heavy atom. The number of aryl methyl sites for hydroxylation is 1. The highest BCUT2D eigenvalue weighted by Crippen LogP contribution is 2.42. The van der Waals surface area contributed by atoms with E-state index in [-0.39, 0.29) is 18.2 Å². The fourth-order valence-corrected chi connectivity index (χ4v) is 3.55. The number of benzene rings is 1. The maximum absolute atomic E-state index is 13.0. The van der Waals surface area contributed by atoms with Crippen molar-refractivity contribution in [3.63, 3.8) is 0 Å². The summed E-state index contributed by atoms with van der Waals surface area (Å²) in [6.07, 6.45) is 1.74. The predicted molar refractivity (Wildman–Crippen MR) is 105 cm³/mol. The van der Waals surface area contributed by atoms with Crippen LogP contribution in [-0.2, 0) is 11.8 Å². The zero-order chi connectivity index (χ0) is 20.5. The number of nitrogens with zero attached hydrogens (tertiary/aromatic N) is 2. The molecular formula is C20H20N4O5. The van der Waals surface area contributed by atoms with Crippen LogP contribution in [0.2, 0.25) is 0 Å². The number of methoxy groups -OCH3 is 2. The van der Waals surface area contributed by atoms with Gasteiger partial charge in [0.1, 0.15) is 11.6 Å². The van der Waals surface area contributed by atoms with Crippen molar-refractivity contribution in [3.05, 3.63) is 53.5 Å². The quantitative estimate of drug-likeness (QED) is 0.687. The van der Waals surface area contributed by atoms with Crippen LogP contribution in [0.3, 0.4) is 0 Å². The number of amides is 2. The number of rotatable bonds is 5. The number of carbonyl (C=O) groups is 2. The zero-order valence-electron chi connectivity index (χ0n) is 16.2. The van der Waals surface area contributed by atoms with Gasteiger partial charge >= 0.3 is 0 Å². The molecule has 4 rings (SSSR count). The highest BCUT2D eigenvalue weighted by atomic mass is 16.5. The molecule has 0 fully saturated rings. The van der Waals surface area contributed by atoms with E-state index in [1.54, 1.807) is 43.6 Å². The van der Waals surface area contributed by atoms with Crippen LogP contribution < -0.4 is 20.1 Å². The molecule has 0 saturated carbocycles. The molecule has 150 valence electrons. The predicted octanol–water partition coefficient (Wildman–Crippen LogP) is 2.76. The van der Waals surface area contributed by atoms with Crippen LogP contribution in [0.25, 0.3) is 0 Å². The van der Waals surface area contributed by atoms with Gasteiger partial charge in [0, 0.05) is 13.5 Å². The fourth-order valence-electron chi connectivity index (χ4n) is 3.55. The summed E-state index contributed by atoms with van der Waals surface area (Å²) >= 11 is 0. The third-order valence-electron chi connectivity index (χ3n) is 4.85. The number of carbonyl (C=O) groups excluding carboxylic acids is 2. The molecule has 2 aromatic heterocycles. The molecule has 1 aromatic carbocycles. The van der Waals surface area contributed by atoms with E-state index in [4.69, 9.17) is 13.9 Å². The maximum atomic E-state index is 13.0. The molecule has 9 heteroatoms. The molecule has 1 atom stereocenters. The van der Waals surface area contributed by atoms with Crippen LogP contribution in [0.4, 0.5) is 11.6 Å². The van der Waals surface area contributed by atoms with Crippen LogP contribution in [0.1, 0.15) is 34.0 Å². The monoisotopic (exact) mass is 396 g/mol. The number of para-hydroxylation sites is 1. The topological polar surface area (TPSA) is 108 Å². The number of anilines is 2. The Balaban J connectivity index is 1.74. The van der Waals surface area contributed by atoms with Crippen LogP contribution in [0.15, 0.2) is 41.0 Å². The van der Waals surface area contributed by atoms with Gasteiger partial charge in [-0.3, -0.25) is 14.3 Å². The van der Waals surface area contributed by atoms with Gasteiger partial charge in [0.25, 0.3) is 5.91 Å². The Kier molecular flexibility index (Phi) is 4.71. The lowest BCUT2D eigenvalue weighted by Crippen LogP contribution is -2.25. The smallest absolute Gasteiger partial charge is 0.260 e. The first-order chi connectivity index (χ1) is 14.0. The molecule has 2 N–H and O–H groups in total. The van der Waals surface area contributed by atoms with E-state index in [1.165, 1.54) is 18.9 Å². The van der Waals surface area contributed by atoms with E-state index in [9.17, 15) is 9.59 Å². The molecule has 1 unspecified atom stereocenters. The summed E-state index contributed by atoms with van der Waals surface area (Å²) in [7, 11) is 4.68. The van der Waals surface area contributed by atoms with Crippen molar-refractivity contribution in [2.24, 2.45) is 7.05 Å². The summed E-state index contributed by atoms with van der Waals surface area (Å²) < 4.78 is 17.7. The van der Waals surface area contributed by atoms with E-state index in [0.29, 0.717) is 40.0 Å². The van der Waals surface area contributed by atoms with Gasteiger partial charge in [-0.25, -0.2) is 0 Å². The van der Waals surface area contributed by atoms with Gasteiger partial charge in [0.15, 0.2) is 17.3 Å². The molecule has 0 radical (unpaired) electrons. The average Bonchev–Trinajstić information content (AvgIpc) is 3.35. The molecule has 0 aliphatic carbocycles. The molecule has 3 aromatic rings. The lowest BCUT2D eigenvalue weighted by molar-refractivity contribution is -0.116. The largest absolute Gasteiger partial charge is 0.493 e. The molecule has 3 heterocycles.